The number of hydrogen-bond donors (Lipinski definition) is 0. The molecule has 1 aromatic heterocycles. The zero-order valence-electron chi connectivity index (χ0n) is 19.3. The van der Waals surface area contributed by atoms with Gasteiger partial charge in [0.1, 0.15) is 11.6 Å². The highest BCUT2D eigenvalue weighted by molar-refractivity contribution is 7.89. The molecule has 0 unspecified atom stereocenters. The number of halogens is 2. The molecule has 2 aliphatic rings. The Morgan fingerprint density at radius 1 is 1.00 bits per heavy atom. The van der Waals surface area contributed by atoms with Crippen molar-refractivity contribution in [2.24, 2.45) is 5.92 Å². The molecule has 5 rings (SSSR count). The van der Waals surface area contributed by atoms with Gasteiger partial charge in [-0.25, -0.2) is 17.8 Å². The minimum Gasteiger partial charge on any atom is -0.438 e. The van der Waals surface area contributed by atoms with E-state index in [1.165, 1.54) is 40.7 Å². The third-order valence-electron chi connectivity index (χ3n) is 6.52. The van der Waals surface area contributed by atoms with Gasteiger partial charge in [-0.05, 0) is 67.3 Å². The maximum atomic E-state index is 13.4. The topological polar surface area (TPSA) is 75.6 Å². The molecule has 1 saturated heterocycles. The van der Waals surface area contributed by atoms with Crippen LogP contribution in [0.3, 0.4) is 0 Å². The lowest BCUT2D eigenvalue weighted by atomic mass is 9.99. The van der Waals surface area contributed by atoms with Crippen molar-refractivity contribution in [2.45, 2.75) is 37.6 Å². The lowest BCUT2D eigenvalue weighted by Gasteiger charge is -2.33. The highest BCUT2D eigenvalue weighted by Gasteiger charge is 2.33. The van der Waals surface area contributed by atoms with Crippen LogP contribution < -0.4 is 9.64 Å². The fourth-order valence-corrected chi connectivity index (χ4v) is 5.89. The van der Waals surface area contributed by atoms with Crippen LogP contribution in [0.4, 0.5) is 10.3 Å². The van der Waals surface area contributed by atoms with Gasteiger partial charge in [-0.2, -0.15) is 9.29 Å². The summed E-state index contributed by atoms with van der Waals surface area (Å²) in [6.07, 6.45) is 2.55. The summed E-state index contributed by atoms with van der Waals surface area (Å²) in [7, 11) is -3.75. The summed E-state index contributed by atoms with van der Waals surface area (Å²) in [6, 6.07) is 11.8. The van der Waals surface area contributed by atoms with E-state index in [0.29, 0.717) is 47.0 Å². The van der Waals surface area contributed by atoms with Gasteiger partial charge in [0.15, 0.2) is 0 Å². The van der Waals surface area contributed by atoms with Gasteiger partial charge in [0.2, 0.25) is 21.9 Å². The fourth-order valence-electron chi connectivity index (χ4n) is 4.36. The Morgan fingerprint density at radius 2 is 1.69 bits per heavy atom. The summed E-state index contributed by atoms with van der Waals surface area (Å²) in [6.45, 7) is 4.32. The predicted molar refractivity (Wildman–Crippen MR) is 132 cm³/mol. The third-order valence-corrected chi connectivity index (χ3v) is 8.63. The maximum absolute atomic E-state index is 13.4. The minimum atomic E-state index is -3.75. The average molecular weight is 517 g/mol. The van der Waals surface area contributed by atoms with Gasteiger partial charge in [0.05, 0.1) is 16.2 Å². The number of sulfonamides is 1. The van der Waals surface area contributed by atoms with Crippen LogP contribution in [0.15, 0.2) is 53.4 Å². The van der Waals surface area contributed by atoms with E-state index >= 15 is 0 Å². The Morgan fingerprint density at radius 3 is 2.37 bits per heavy atom. The molecule has 3 aromatic rings. The Hall–Kier alpha value is -2.75. The molecule has 0 amide bonds. The van der Waals surface area contributed by atoms with E-state index in [4.69, 9.17) is 26.3 Å². The second kappa shape index (κ2) is 9.72. The molecule has 2 aromatic carbocycles. The van der Waals surface area contributed by atoms with Crippen molar-refractivity contribution in [1.82, 2.24) is 14.3 Å². The van der Waals surface area contributed by atoms with Crippen LogP contribution in [0.1, 0.15) is 31.0 Å². The van der Waals surface area contributed by atoms with Crippen molar-refractivity contribution in [3.05, 3.63) is 70.6 Å². The average Bonchev–Trinajstić information content (AvgIpc) is 2.86. The second-order valence-corrected chi connectivity index (χ2v) is 11.4. The SMILES string of the molecule is CC1CCN(c2nc3c(c(Oc4ccc(F)cc4)n2)CN(S(=O)(=O)c2ccc(Cl)cc2)CC3)CC1. The van der Waals surface area contributed by atoms with E-state index in [1.807, 2.05) is 0 Å². The zero-order chi connectivity index (χ0) is 24.6. The van der Waals surface area contributed by atoms with Crippen molar-refractivity contribution < 1.29 is 17.5 Å². The van der Waals surface area contributed by atoms with Crippen LogP contribution in [-0.2, 0) is 23.0 Å². The van der Waals surface area contributed by atoms with Gasteiger partial charge >= 0.3 is 0 Å². The van der Waals surface area contributed by atoms with Gasteiger partial charge in [0, 0.05) is 37.6 Å². The van der Waals surface area contributed by atoms with Gasteiger partial charge in [0.25, 0.3) is 0 Å². The Labute approximate surface area is 209 Å². The fraction of sp³-hybridized carbons (Fsp3) is 0.360. The molecule has 3 heterocycles. The van der Waals surface area contributed by atoms with Crippen LogP contribution in [0.2, 0.25) is 5.02 Å². The first-order chi connectivity index (χ1) is 16.8. The summed E-state index contributed by atoms with van der Waals surface area (Å²) in [5.74, 6) is 1.59. The van der Waals surface area contributed by atoms with E-state index in [-0.39, 0.29) is 17.3 Å². The van der Waals surface area contributed by atoms with E-state index < -0.39 is 10.0 Å². The standard InChI is InChI=1S/C25H26ClFN4O3S/c1-17-10-13-30(14-11-17)25-28-23-12-15-31(35(32,33)21-8-2-18(26)3-9-21)16-22(23)24(29-25)34-20-6-4-19(27)5-7-20/h2-9,17H,10-16H2,1H3. The molecule has 10 heteroatoms. The van der Waals surface area contributed by atoms with Crippen molar-refractivity contribution in [2.75, 3.05) is 24.5 Å². The normalized spacial score (nSPS) is 17.3. The van der Waals surface area contributed by atoms with Gasteiger partial charge in [-0.15, -0.1) is 0 Å². The molecular formula is C25H26ClFN4O3S. The summed E-state index contributed by atoms with van der Waals surface area (Å²) in [4.78, 5) is 11.8. The molecule has 0 N–H and O–H groups in total. The van der Waals surface area contributed by atoms with Crippen LogP contribution in [0.25, 0.3) is 0 Å². The number of anilines is 1. The number of fused-ring (bicyclic) bond motifs is 1. The molecular weight excluding hydrogens is 491 g/mol. The quantitative estimate of drug-likeness (QED) is 0.472. The summed E-state index contributed by atoms with van der Waals surface area (Å²) < 4.78 is 47.5. The third kappa shape index (κ3) is 5.12. The van der Waals surface area contributed by atoms with Crippen molar-refractivity contribution in [1.29, 1.82) is 0 Å². The number of aromatic nitrogens is 2. The molecule has 0 bridgehead atoms. The second-order valence-electron chi connectivity index (χ2n) is 9.02. The first kappa shape index (κ1) is 24.0. The highest BCUT2D eigenvalue weighted by atomic mass is 35.5. The van der Waals surface area contributed by atoms with Gasteiger partial charge in [-0.1, -0.05) is 18.5 Å². The molecule has 0 atom stereocenters. The molecule has 184 valence electrons. The molecule has 0 radical (unpaired) electrons. The van der Waals surface area contributed by atoms with E-state index in [0.717, 1.165) is 31.6 Å². The first-order valence-corrected chi connectivity index (χ1v) is 13.5. The molecule has 2 aliphatic heterocycles. The Bertz CT molecular complexity index is 1310. The Balaban J connectivity index is 1.50. The number of piperidine rings is 1. The number of benzene rings is 2. The number of nitrogens with zero attached hydrogens (tertiary/aromatic N) is 4. The largest absolute Gasteiger partial charge is 0.438 e. The Kier molecular flexibility index (Phi) is 6.65. The molecule has 7 nitrogen and oxygen atoms in total. The monoisotopic (exact) mass is 516 g/mol. The van der Waals surface area contributed by atoms with E-state index in [1.54, 1.807) is 12.1 Å². The first-order valence-electron chi connectivity index (χ1n) is 11.6. The summed E-state index contributed by atoms with van der Waals surface area (Å²) >= 11 is 5.94. The molecule has 0 saturated carbocycles. The van der Waals surface area contributed by atoms with Gasteiger partial charge in [-0.3, -0.25) is 0 Å². The summed E-state index contributed by atoms with van der Waals surface area (Å²) in [5.41, 5.74) is 1.39. The van der Waals surface area contributed by atoms with Crippen molar-refractivity contribution in [3.63, 3.8) is 0 Å². The maximum Gasteiger partial charge on any atom is 0.243 e. The number of rotatable bonds is 5. The van der Waals surface area contributed by atoms with Crippen LogP contribution in [0, 0.1) is 11.7 Å². The minimum absolute atomic E-state index is 0.0775. The lowest BCUT2D eigenvalue weighted by Crippen LogP contribution is -2.38. The molecule has 35 heavy (non-hydrogen) atoms. The molecule has 1 fully saturated rings. The summed E-state index contributed by atoms with van der Waals surface area (Å²) in [5, 5.41) is 0.468. The van der Waals surface area contributed by atoms with E-state index in [2.05, 4.69) is 11.8 Å². The number of hydrogen-bond acceptors (Lipinski definition) is 6. The highest BCUT2D eigenvalue weighted by Crippen LogP contribution is 2.34. The molecule has 0 spiro atoms. The van der Waals surface area contributed by atoms with Gasteiger partial charge < -0.3 is 9.64 Å². The lowest BCUT2D eigenvalue weighted by molar-refractivity contribution is 0.367. The van der Waals surface area contributed by atoms with Crippen molar-refractivity contribution >= 4 is 27.6 Å². The van der Waals surface area contributed by atoms with Crippen LogP contribution in [-0.4, -0.2) is 42.3 Å². The number of ether oxygens (including phenoxy) is 1. The molecule has 0 aliphatic carbocycles. The van der Waals surface area contributed by atoms with Crippen molar-refractivity contribution in [3.8, 4) is 11.6 Å². The van der Waals surface area contributed by atoms with Crippen LogP contribution >= 0.6 is 11.6 Å². The predicted octanol–water partition coefficient (Wildman–Crippen LogP) is 5.04. The smallest absolute Gasteiger partial charge is 0.243 e. The van der Waals surface area contributed by atoms with E-state index in [9.17, 15) is 12.8 Å². The van der Waals surface area contributed by atoms with Crippen LogP contribution in [0.5, 0.6) is 11.6 Å². The zero-order valence-corrected chi connectivity index (χ0v) is 20.9.